The SMILES string of the molecule is CC1(C)C(=O)NC(=O)N1CCCOc1ccccc1. The van der Waals surface area contributed by atoms with Crippen LogP contribution in [0.25, 0.3) is 0 Å². The van der Waals surface area contributed by atoms with Crippen molar-refractivity contribution in [2.24, 2.45) is 0 Å². The Morgan fingerprint density at radius 1 is 1.21 bits per heavy atom. The Bertz CT molecular complexity index is 471. The molecule has 3 amide bonds. The number of benzene rings is 1. The zero-order valence-corrected chi connectivity index (χ0v) is 11.2. The Labute approximate surface area is 112 Å². The van der Waals surface area contributed by atoms with Crippen molar-refractivity contribution in [3.8, 4) is 5.75 Å². The Kier molecular flexibility index (Phi) is 3.74. The standard InChI is InChI=1S/C14H18N2O3/c1-14(2)12(17)15-13(18)16(14)9-6-10-19-11-7-4-3-5-8-11/h3-5,7-8H,6,9-10H2,1-2H3,(H,15,17,18). The van der Waals surface area contributed by atoms with Crippen molar-refractivity contribution < 1.29 is 14.3 Å². The first kappa shape index (κ1) is 13.4. The van der Waals surface area contributed by atoms with Crippen LogP contribution in [0, 0.1) is 0 Å². The summed E-state index contributed by atoms with van der Waals surface area (Å²) in [7, 11) is 0. The van der Waals surface area contributed by atoms with Gasteiger partial charge in [-0.25, -0.2) is 4.79 Å². The van der Waals surface area contributed by atoms with Gasteiger partial charge >= 0.3 is 6.03 Å². The van der Waals surface area contributed by atoms with Crippen molar-refractivity contribution in [1.82, 2.24) is 10.2 Å². The van der Waals surface area contributed by atoms with Gasteiger partial charge in [-0.1, -0.05) is 18.2 Å². The summed E-state index contributed by atoms with van der Waals surface area (Å²) in [5.41, 5.74) is -0.774. The number of amides is 3. The molecule has 19 heavy (non-hydrogen) atoms. The Morgan fingerprint density at radius 2 is 1.89 bits per heavy atom. The van der Waals surface area contributed by atoms with Crippen LogP contribution in [0.2, 0.25) is 0 Å². The van der Waals surface area contributed by atoms with E-state index in [2.05, 4.69) is 5.32 Å². The molecular formula is C14H18N2O3. The minimum atomic E-state index is -0.774. The number of urea groups is 1. The summed E-state index contributed by atoms with van der Waals surface area (Å²) in [5, 5.41) is 2.32. The normalized spacial score (nSPS) is 17.5. The van der Waals surface area contributed by atoms with Gasteiger partial charge in [-0.15, -0.1) is 0 Å². The maximum absolute atomic E-state index is 11.6. The van der Waals surface area contributed by atoms with E-state index >= 15 is 0 Å². The number of para-hydroxylation sites is 1. The number of hydrogen-bond acceptors (Lipinski definition) is 3. The van der Waals surface area contributed by atoms with E-state index in [4.69, 9.17) is 4.74 Å². The van der Waals surface area contributed by atoms with Gasteiger partial charge in [-0.05, 0) is 32.4 Å². The molecule has 1 aliphatic rings. The molecule has 0 spiro atoms. The Balaban J connectivity index is 1.80. The van der Waals surface area contributed by atoms with Crippen LogP contribution in [-0.2, 0) is 4.79 Å². The van der Waals surface area contributed by atoms with E-state index in [1.807, 2.05) is 30.3 Å². The molecule has 1 fully saturated rings. The fraction of sp³-hybridized carbons (Fsp3) is 0.429. The molecule has 0 radical (unpaired) electrons. The third kappa shape index (κ3) is 2.86. The third-order valence-corrected chi connectivity index (χ3v) is 3.23. The van der Waals surface area contributed by atoms with Crippen molar-refractivity contribution in [1.29, 1.82) is 0 Å². The van der Waals surface area contributed by atoms with E-state index < -0.39 is 5.54 Å². The molecule has 2 rings (SSSR count). The quantitative estimate of drug-likeness (QED) is 0.650. The highest BCUT2D eigenvalue weighted by Crippen LogP contribution is 2.20. The van der Waals surface area contributed by atoms with E-state index in [1.165, 1.54) is 0 Å². The molecule has 102 valence electrons. The van der Waals surface area contributed by atoms with Crippen LogP contribution in [0.4, 0.5) is 4.79 Å². The molecule has 5 heteroatoms. The van der Waals surface area contributed by atoms with Gasteiger partial charge in [-0.3, -0.25) is 10.1 Å². The zero-order valence-electron chi connectivity index (χ0n) is 11.2. The topological polar surface area (TPSA) is 58.6 Å². The summed E-state index contributed by atoms with van der Waals surface area (Å²) in [5.74, 6) is 0.560. The molecule has 0 saturated carbocycles. The van der Waals surface area contributed by atoms with Gasteiger partial charge in [0.15, 0.2) is 0 Å². The number of imide groups is 1. The monoisotopic (exact) mass is 262 g/mol. The smallest absolute Gasteiger partial charge is 0.324 e. The maximum atomic E-state index is 11.6. The lowest BCUT2D eigenvalue weighted by Gasteiger charge is -2.27. The van der Waals surface area contributed by atoms with Crippen molar-refractivity contribution in [2.45, 2.75) is 25.8 Å². The van der Waals surface area contributed by atoms with E-state index in [1.54, 1.807) is 18.7 Å². The first-order valence-electron chi connectivity index (χ1n) is 6.33. The molecule has 1 saturated heterocycles. The molecule has 1 N–H and O–H groups in total. The largest absolute Gasteiger partial charge is 0.494 e. The van der Waals surface area contributed by atoms with Crippen molar-refractivity contribution in [3.63, 3.8) is 0 Å². The van der Waals surface area contributed by atoms with Crippen LogP contribution < -0.4 is 10.1 Å². The average molecular weight is 262 g/mol. The van der Waals surface area contributed by atoms with Crippen LogP contribution >= 0.6 is 0 Å². The second kappa shape index (κ2) is 5.30. The maximum Gasteiger partial charge on any atom is 0.324 e. The number of nitrogens with one attached hydrogen (secondary N) is 1. The lowest BCUT2D eigenvalue weighted by atomic mass is 10.0. The first-order chi connectivity index (χ1) is 9.01. The second-order valence-corrected chi connectivity index (χ2v) is 4.98. The lowest BCUT2D eigenvalue weighted by Crippen LogP contribution is -2.44. The number of ether oxygens (including phenoxy) is 1. The fourth-order valence-electron chi connectivity index (χ4n) is 2.00. The van der Waals surface area contributed by atoms with Gasteiger partial charge in [-0.2, -0.15) is 0 Å². The van der Waals surface area contributed by atoms with Gasteiger partial charge in [0.25, 0.3) is 5.91 Å². The van der Waals surface area contributed by atoms with Gasteiger partial charge < -0.3 is 9.64 Å². The molecule has 5 nitrogen and oxygen atoms in total. The van der Waals surface area contributed by atoms with Crippen LogP contribution in [0.15, 0.2) is 30.3 Å². The highest BCUT2D eigenvalue weighted by atomic mass is 16.5. The molecule has 1 aromatic rings. The minimum Gasteiger partial charge on any atom is -0.494 e. The Hall–Kier alpha value is -2.04. The van der Waals surface area contributed by atoms with Gasteiger partial charge in [0.05, 0.1) is 6.61 Å². The summed E-state index contributed by atoms with van der Waals surface area (Å²) in [6.07, 6.45) is 0.680. The Morgan fingerprint density at radius 3 is 2.47 bits per heavy atom. The molecular weight excluding hydrogens is 244 g/mol. The predicted octanol–water partition coefficient (Wildman–Crippen LogP) is 1.79. The lowest BCUT2D eigenvalue weighted by molar-refractivity contribution is -0.125. The number of carbonyl (C=O) groups is 2. The van der Waals surface area contributed by atoms with Crippen LogP contribution in [0.1, 0.15) is 20.3 Å². The predicted molar refractivity (Wildman–Crippen MR) is 70.9 cm³/mol. The fourth-order valence-corrected chi connectivity index (χ4v) is 2.00. The van der Waals surface area contributed by atoms with E-state index in [9.17, 15) is 9.59 Å². The number of hydrogen-bond donors (Lipinski definition) is 1. The second-order valence-electron chi connectivity index (χ2n) is 4.98. The average Bonchev–Trinajstić information content (AvgIpc) is 2.57. The van der Waals surface area contributed by atoms with Gasteiger partial charge in [0.1, 0.15) is 11.3 Å². The first-order valence-corrected chi connectivity index (χ1v) is 6.33. The summed E-state index contributed by atoms with van der Waals surface area (Å²) in [6.45, 7) is 4.49. The molecule has 0 aliphatic carbocycles. The van der Waals surface area contributed by atoms with E-state index in [0.717, 1.165) is 5.75 Å². The number of rotatable bonds is 5. The van der Waals surface area contributed by atoms with E-state index in [-0.39, 0.29) is 11.9 Å². The van der Waals surface area contributed by atoms with Crippen LogP contribution in [-0.4, -0.2) is 35.5 Å². The molecule has 0 aromatic heterocycles. The molecule has 1 aromatic carbocycles. The molecule has 1 heterocycles. The van der Waals surface area contributed by atoms with Crippen molar-refractivity contribution in [3.05, 3.63) is 30.3 Å². The minimum absolute atomic E-state index is 0.249. The summed E-state index contributed by atoms with van der Waals surface area (Å²) in [6, 6.07) is 9.19. The zero-order chi connectivity index (χ0) is 13.9. The number of carbonyl (C=O) groups excluding carboxylic acids is 2. The van der Waals surface area contributed by atoms with E-state index in [0.29, 0.717) is 19.6 Å². The van der Waals surface area contributed by atoms with Crippen molar-refractivity contribution in [2.75, 3.05) is 13.2 Å². The highest BCUT2D eigenvalue weighted by Gasteiger charge is 2.44. The van der Waals surface area contributed by atoms with Crippen molar-refractivity contribution >= 4 is 11.9 Å². The highest BCUT2D eigenvalue weighted by molar-refractivity contribution is 6.06. The number of nitrogens with zero attached hydrogens (tertiary/aromatic N) is 1. The van der Waals surface area contributed by atoms with Crippen LogP contribution in [0.3, 0.4) is 0 Å². The third-order valence-electron chi connectivity index (χ3n) is 3.23. The molecule has 0 unspecified atom stereocenters. The molecule has 0 atom stereocenters. The van der Waals surface area contributed by atoms with Crippen LogP contribution in [0.5, 0.6) is 5.75 Å². The van der Waals surface area contributed by atoms with Gasteiger partial charge in [0.2, 0.25) is 0 Å². The molecule has 1 aliphatic heterocycles. The summed E-state index contributed by atoms with van der Waals surface area (Å²) >= 11 is 0. The summed E-state index contributed by atoms with van der Waals surface area (Å²) in [4.78, 5) is 24.7. The summed E-state index contributed by atoms with van der Waals surface area (Å²) < 4.78 is 5.55. The molecule has 0 bridgehead atoms. The van der Waals surface area contributed by atoms with Gasteiger partial charge in [0, 0.05) is 6.54 Å².